The highest BCUT2D eigenvalue weighted by Crippen LogP contribution is 2.11. The normalized spacial score (nSPS) is 9.85. The molecule has 0 spiro atoms. The molecule has 0 aliphatic rings. The number of Topliss-reactive ketones (excluding diaryl/α,β-unsaturated/α-hetero) is 1. The maximum Gasteiger partial charge on any atom is 0.162 e. The van der Waals surface area contributed by atoms with Gasteiger partial charge in [0.25, 0.3) is 0 Å². The van der Waals surface area contributed by atoms with E-state index in [2.05, 4.69) is 18.8 Å². The first-order chi connectivity index (χ1) is 9.79. The molecule has 0 saturated carbocycles. The monoisotopic (exact) mass is 282 g/mol. The second kappa shape index (κ2) is 7.67. The van der Waals surface area contributed by atoms with Gasteiger partial charge < -0.3 is 0 Å². The van der Waals surface area contributed by atoms with Gasteiger partial charge in [0.15, 0.2) is 5.78 Å². The van der Waals surface area contributed by atoms with Crippen molar-refractivity contribution in [2.24, 2.45) is 0 Å². The minimum Gasteiger partial charge on any atom is -0.294 e. The lowest BCUT2D eigenvalue weighted by atomic mass is 10.0. The van der Waals surface area contributed by atoms with Crippen molar-refractivity contribution in [3.05, 3.63) is 57.8 Å². The molecule has 0 unspecified atom stereocenters. The summed E-state index contributed by atoms with van der Waals surface area (Å²) in [6.07, 6.45) is 3.86. The number of carbonyl (C=O) groups excluding carboxylic acids is 1. The molecule has 0 saturated heterocycles. The molecule has 1 heterocycles. The predicted molar refractivity (Wildman–Crippen MR) is 85.2 cm³/mol. The van der Waals surface area contributed by atoms with Crippen molar-refractivity contribution in [2.75, 3.05) is 0 Å². The third-order valence-electron chi connectivity index (χ3n) is 3.04. The molecule has 1 aromatic carbocycles. The highest BCUT2D eigenvalue weighted by molar-refractivity contribution is 7.10. The maximum atomic E-state index is 12.1. The second-order valence-corrected chi connectivity index (χ2v) is 5.64. The summed E-state index contributed by atoms with van der Waals surface area (Å²) < 4.78 is 0. The van der Waals surface area contributed by atoms with E-state index < -0.39 is 0 Å². The van der Waals surface area contributed by atoms with Crippen LogP contribution in [0.25, 0.3) is 0 Å². The van der Waals surface area contributed by atoms with Crippen LogP contribution in [0.5, 0.6) is 0 Å². The Morgan fingerprint density at radius 1 is 1.15 bits per heavy atom. The average molecular weight is 282 g/mol. The van der Waals surface area contributed by atoms with Gasteiger partial charge in [0.05, 0.1) is 4.88 Å². The Balaban J connectivity index is 2.06. The van der Waals surface area contributed by atoms with Crippen LogP contribution in [0.15, 0.2) is 41.8 Å². The lowest BCUT2D eigenvalue weighted by Crippen LogP contribution is -1.99. The standard InChI is InChI=1S/C18H18OS/c1-2-3-4-10-18(19)16-8-5-7-15(14-16)11-12-17-9-6-13-20-17/h5-9,13-14H,2-4,10H2,1H3. The van der Waals surface area contributed by atoms with E-state index in [4.69, 9.17) is 0 Å². The van der Waals surface area contributed by atoms with Crippen LogP contribution in [-0.2, 0) is 0 Å². The maximum absolute atomic E-state index is 12.1. The SMILES string of the molecule is CCCCCC(=O)c1cccc(C#Cc2cccs2)c1. The van der Waals surface area contributed by atoms with E-state index in [1.807, 2.05) is 41.8 Å². The number of ketones is 1. The van der Waals surface area contributed by atoms with Gasteiger partial charge in [-0.2, -0.15) is 0 Å². The lowest BCUT2D eigenvalue weighted by Gasteiger charge is -2.01. The van der Waals surface area contributed by atoms with Gasteiger partial charge in [-0.25, -0.2) is 0 Å². The van der Waals surface area contributed by atoms with E-state index in [0.29, 0.717) is 6.42 Å². The number of hydrogen-bond acceptors (Lipinski definition) is 2. The zero-order chi connectivity index (χ0) is 14.2. The Labute approximate surface area is 124 Å². The molecule has 2 heteroatoms. The van der Waals surface area contributed by atoms with Crippen molar-refractivity contribution < 1.29 is 4.79 Å². The number of carbonyl (C=O) groups is 1. The number of hydrogen-bond donors (Lipinski definition) is 0. The minimum atomic E-state index is 0.221. The third kappa shape index (κ3) is 4.36. The van der Waals surface area contributed by atoms with Crippen LogP contribution < -0.4 is 0 Å². The molecule has 102 valence electrons. The molecule has 0 fully saturated rings. The second-order valence-electron chi connectivity index (χ2n) is 4.69. The molecule has 2 rings (SSSR count). The van der Waals surface area contributed by atoms with E-state index in [1.54, 1.807) is 11.3 Å². The molecular weight excluding hydrogens is 264 g/mol. The zero-order valence-corrected chi connectivity index (χ0v) is 12.5. The largest absolute Gasteiger partial charge is 0.294 e. The van der Waals surface area contributed by atoms with E-state index >= 15 is 0 Å². The number of benzene rings is 1. The van der Waals surface area contributed by atoms with E-state index in [1.165, 1.54) is 0 Å². The van der Waals surface area contributed by atoms with Gasteiger partial charge >= 0.3 is 0 Å². The molecule has 0 amide bonds. The fraction of sp³-hybridized carbons (Fsp3) is 0.278. The molecule has 0 aliphatic carbocycles. The summed E-state index contributed by atoms with van der Waals surface area (Å²) in [6, 6.07) is 11.6. The van der Waals surface area contributed by atoms with E-state index in [9.17, 15) is 4.79 Å². The van der Waals surface area contributed by atoms with Gasteiger partial charge in [-0.15, -0.1) is 11.3 Å². The minimum absolute atomic E-state index is 0.221. The van der Waals surface area contributed by atoms with Crippen LogP contribution in [-0.4, -0.2) is 5.78 Å². The highest BCUT2D eigenvalue weighted by Gasteiger charge is 2.05. The van der Waals surface area contributed by atoms with Crippen molar-refractivity contribution in [3.63, 3.8) is 0 Å². The Morgan fingerprint density at radius 3 is 2.80 bits per heavy atom. The molecule has 2 aromatic rings. The molecule has 1 nitrogen and oxygen atoms in total. The number of rotatable bonds is 5. The van der Waals surface area contributed by atoms with Gasteiger partial charge in [-0.1, -0.05) is 49.8 Å². The van der Waals surface area contributed by atoms with Crippen LogP contribution >= 0.6 is 11.3 Å². The molecular formula is C18H18OS. The molecule has 0 bridgehead atoms. The van der Waals surface area contributed by atoms with Gasteiger partial charge in [0.1, 0.15) is 0 Å². The quantitative estimate of drug-likeness (QED) is 0.432. The van der Waals surface area contributed by atoms with Crippen molar-refractivity contribution in [2.45, 2.75) is 32.6 Å². The van der Waals surface area contributed by atoms with Crippen LogP contribution in [0.1, 0.15) is 53.4 Å². The van der Waals surface area contributed by atoms with Crippen molar-refractivity contribution in [3.8, 4) is 11.8 Å². The van der Waals surface area contributed by atoms with Crippen LogP contribution in [0.2, 0.25) is 0 Å². The zero-order valence-electron chi connectivity index (χ0n) is 11.7. The molecule has 0 radical (unpaired) electrons. The first-order valence-electron chi connectivity index (χ1n) is 6.98. The van der Waals surface area contributed by atoms with Crippen molar-refractivity contribution in [1.82, 2.24) is 0 Å². The summed E-state index contributed by atoms with van der Waals surface area (Å²) in [4.78, 5) is 13.1. The van der Waals surface area contributed by atoms with Gasteiger partial charge in [-0.3, -0.25) is 4.79 Å². The molecule has 1 aromatic heterocycles. The van der Waals surface area contributed by atoms with Crippen molar-refractivity contribution in [1.29, 1.82) is 0 Å². The fourth-order valence-electron chi connectivity index (χ4n) is 1.93. The third-order valence-corrected chi connectivity index (χ3v) is 3.83. The smallest absolute Gasteiger partial charge is 0.162 e. The summed E-state index contributed by atoms with van der Waals surface area (Å²) in [5.41, 5.74) is 1.68. The van der Waals surface area contributed by atoms with Gasteiger partial charge in [-0.05, 0) is 30.0 Å². The lowest BCUT2D eigenvalue weighted by molar-refractivity contribution is 0.0979. The molecule has 0 atom stereocenters. The van der Waals surface area contributed by atoms with Gasteiger partial charge in [0.2, 0.25) is 0 Å². The average Bonchev–Trinajstić information content (AvgIpc) is 2.99. The first kappa shape index (κ1) is 14.6. The van der Waals surface area contributed by atoms with Gasteiger partial charge in [0, 0.05) is 17.5 Å². The van der Waals surface area contributed by atoms with Crippen LogP contribution in [0, 0.1) is 11.8 Å². The Kier molecular flexibility index (Phi) is 5.58. The molecule has 0 N–H and O–H groups in total. The van der Waals surface area contributed by atoms with Crippen molar-refractivity contribution >= 4 is 17.1 Å². The Hall–Kier alpha value is -1.85. The summed E-state index contributed by atoms with van der Waals surface area (Å²) in [7, 11) is 0. The van der Waals surface area contributed by atoms with E-state index in [0.717, 1.165) is 35.3 Å². The summed E-state index contributed by atoms with van der Waals surface area (Å²) in [5.74, 6) is 6.45. The topological polar surface area (TPSA) is 17.1 Å². The summed E-state index contributed by atoms with van der Waals surface area (Å²) in [6.45, 7) is 2.14. The van der Waals surface area contributed by atoms with Crippen LogP contribution in [0.3, 0.4) is 0 Å². The Bertz CT molecular complexity index is 614. The number of thiophene rings is 1. The Morgan fingerprint density at radius 2 is 2.05 bits per heavy atom. The van der Waals surface area contributed by atoms with Crippen LogP contribution in [0.4, 0.5) is 0 Å². The summed E-state index contributed by atoms with van der Waals surface area (Å²) >= 11 is 1.63. The molecule has 0 aliphatic heterocycles. The number of unbranched alkanes of at least 4 members (excludes halogenated alkanes) is 2. The first-order valence-corrected chi connectivity index (χ1v) is 7.86. The fourth-order valence-corrected chi connectivity index (χ4v) is 2.50. The predicted octanol–water partition coefficient (Wildman–Crippen LogP) is 4.91. The molecule has 20 heavy (non-hydrogen) atoms. The highest BCUT2D eigenvalue weighted by atomic mass is 32.1. The summed E-state index contributed by atoms with van der Waals surface area (Å²) in [5, 5.41) is 2.01. The van der Waals surface area contributed by atoms with E-state index in [-0.39, 0.29) is 5.78 Å².